The molecule has 1 aromatic carbocycles. The van der Waals surface area contributed by atoms with Crippen molar-refractivity contribution in [1.82, 2.24) is 4.57 Å². The van der Waals surface area contributed by atoms with Crippen molar-refractivity contribution in [3.05, 3.63) is 61.0 Å². The molecule has 28 heavy (non-hydrogen) atoms. The monoisotopic (exact) mass is 442 g/mol. The molecule has 0 radical (unpaired) electrons. The van der Waals surface area contributed by atoms with Crippen LogP contribution in [0.3, 0.4) is 0 Å². The van der Waals surface area contributed by atoms with Crippen LogP contribution < -0.4 is 5.56 Å². The Morgan fingerprint density at radius 2 is 2.00 bits per heavy atom. The topological polar surface area (TPSA) is 96.2 Å². The first kappa shape index (κ1) is 19.9. The second-order valence-electron chi connectivity index (χ2n) is 7.15. The largest absolute Gasteiger partial charge is 0.494 e. The zero-order valence-electron chi connectivity index (χ0n) is 16.0. The summed E-state index contributed by atoms with van der Waals surface area (Å²) in [5.41, 5.74) is 0.468. The number of hydrogen-bond donors (Lipinski definition) is 1. The van der Waals surface area contributed by atoms with E-state index >= 15 is 0 Å². The van der Waals surface area contributed by atoms with Gasteiger partial charge in [0, 0.05) is 22.0 Å². The molecular formula is C21H19BrN2O4. The van der Waals surface area contributed by atoms with E-state index in [-0.39, 0.29) is 34.9 Å². The van der Waals surface area contributed by atoms with Crippen molar-refractivity contribution in [1.29, 1.82) is 5.26 Å². The molecule has 0 aliphatic carbocycles. The summed E-state index contributed by atoms with van der Waals surface area (Å²) in [6.07, 6.45) is 0. The zero-order chi connectivity index (χ0) is 20.7. The van der Waals surface area contributed by atoms with E-state index in [1.807, 2.05) is 32.0 Å². The molecule has 0 unspecified atom stereocenters. The number of aryl methyl sites for hydroxylation is 1. The van der Waals surface area contributed by atoms with Gasteiger partial charge in [0.25, 0.3) is 5.56 Å². The van der Waals surface area contributed by atoms with Gasteiger partial charge in [-0.05, 0) is 43.5 Å². The Balaban J connectivity index is 2.29. The molecule has 0 aliphatic heterocycles. The summed E-state index contributed by atoms with van der Waals surface area (Å²) in [5, 5.41) is 21.0. The van der Waals surface area contributed by atoms with E-state index in [1.165, 1.54) is 6.92 Å². The van der Waals surface area contributed by atoms with E-state index in [0.29, 0.717) is 11.1 Å². The fourth-order valence-electron chi connectivity index (χ4n) is 3.29. The van der Waals surface area contributed by atoms with Crippen LogP contribution in [-0.4, -0.2) is 15.5 Å². The number of nitrogens with zero attached hydrogens (tertiary/aromatic N) is 2. The maximum absolute atomic E-state index is 13.3. The molecular weight excluding hydrogens is 424 g/mol. The molecule has 0 aliphatic rings. The Labute approximate surface area is 170 Å². The molecule has 3 rings (SSSR count). The van der Waals surface area contributed by atoms with Crippen molar-refractivity contribution >= 4 is 32.7 Å². The normalized spacial score (nSPS) is 11.2. The number of fused-ring (bicyclic) bond motifs is 1. The number of furan rings is 1. The fourth-order valence-corrected chi connectivity index (χ4v) is 3.63. The second kappa shape index (κ2) is 7.28. The Hall–Kier alpha value is -2.85. The van der Waals surface area contributed by atoms with Crippen LogP contribution in [0.25, 0.3) is 11.0 Å². The highest BCUT2D eigenvalue weighted by molar-refractivity contribution is 9.10. The summed E-state index contributed by atoms with van der Waals surface area (Å²) < 4.78 is 7.66. The molecule has 2 heterocycles. The highest BCUT2D eigenvalue weighted by atomic mass is 79.9. The van der Waals surface area contributed by atoms with Gasteiger partial charge in [-0.1, -0.05) is 29.8 Å². The van der Waals surface area contributed by atoms with Gasteiger partial charge < -0.3 is 9.52 Å². The summed E-state index contributed by atoms with van der Waals surface area (Å²) in [4.78, 5) is 25.9. The molecule has 0 amide bonds. The Kier molecular flexibility index (Phi) is 5.18. The summed E-state index contributed by atoms with van der Waals surface area (Å²) >= 11 is 3.37. The minimum Gasteiger partial charge on any atom is -0.494 e. The van der Waals surface area contributed by atoms with E-state index in [0.717, 1.165) is 14.4 Å². The van der Waals surface area contributed by atoms with Crippen LogP contribution in [0.5, 0.6) is 5.88 Å². The van der Waals surface area contributed by atoms with Crippen LogP contribution in [0.15, 0.2) is 31.9 Å². The van der Waals surface area contributed by atoms with Crippen LogP contribution in [0.4, 0.5) is 0 Å². The highest BCUT2D eigenvalue weighted by Crippen LogP contribution is 2.32. The van der Waals surface area contributed by atoms with E-state index in [9.17, 15) is 20.0 Å². The third-order valence-electron chi connectivity index (χ3n) is 4.68. The van der Waals surface area contributed by atoms with Crippen LogP contribution in [0, 0.1) is 31.1 Å². The van der Waals surface area contributed by atoms with Crippen LogP contribution in [-0.2, 0) is 6.54 Å². The van der Waals surface area contributed by atoms with E-state index in [2.05, 4.69) is 15.9 Å². The molecule has 0 fully saturated rings. The lowest BCUT2D eigenvalue weighted by molar-refractivity contribution is 0.100. The van der Waals surface area contributed by atoms with Gasteiger partial charge in [-0.15, -0.1) is 0 Å². The van der Waals surface area contributed by atoms with Crippen LogP contribution in [0.2, 0.25) is 0 Å². The maximum atomic E-state index is 13.3. The number of benzene rings is 1. The molecule has 3 aromatic rings. The minimum atomic E-state index is -0.604. The Morgan fingerprint density at radius 3 is 2.61 bits per heavy atom. The van der Waals surface area contributed by atoms with Gasteiger partial charge in [-0.2, -0.15) is 5.26 Å². The number of halogens is 1. The Bertz CT molecular complexity index is 1210. The third kappa shape index (κ3) is 3.14. The van der Waals surface area contributed by atoms with Gasteiger partial charge in [0.2, 0.25) is 11.7 Å². The summed E-state index contributed by atoms with van der Waals surface area (Å²) in [7, 11) is 0. The number of nitriles is 1. The van der Waals surface area contributed by atoms with Crippen LogP contribution >= 0.6 is 15.9 Å². The fraction of sp³-hybridized carbons (Fsp3) is 0.286. The Morgan fingerprint density at radius 1 is 1.32 bits per heavy atom. The maximum Gasteiger partial charge on any atom is 0.271 e. The van der Waals surface area contributed by atoms with Crippen molar-refractivity contribution < 1.29 is 14.3 Å². The second-order valence-corrected chi connectivity index (χ2v) is 8.06. The number of pyridine rings is 1. The number of ketones is 1. The summed E-state index contributed by atoms with van der Waals surface area (Å²) in [5.74, 6) is -0.897. The quantitative estimate of drug-likeness (QED) is 0.602. The molecule has 0 atom stereocenters. The van der Waals surface area contributed by atoms with Gasteiger partial charge in [-0.3, -0.25) is 14.2 Å². The predicted octanol–water partition coefficient (Wildman–Crippen LogP) is 4.44. The van der Waals surface area contributed by atoms with Crippen molar-refractivity contribution in [2.45, 2.75) is 34.2 Å². The first-order chi connectivity index (χ1) is 13.2. The molecule has 7 heteroatoms. The first-order valence-electron chi connectivity index (χ1n) is 8.77. The molecule has 6 nitrogen and oxygen atoms in total. The lowest BCUT2D eigenvalue weighted by Gasteiger charge is -2.16. The molecule has 144 valence electrons. The number of carbonyl (C=O) groups excluding carboxylic acids is 1. The summed E-state index contributed by atoms with van der Waals surface area (Å²) in [6.45, 7) is 7.18. The van der Waals surface area contributed by atoms with E-state index in [1.54, 1.807) is 13.0 Å². The van der Waals surface area contributed by atoms with Gasteiger partial charge in [-0.25, -0.2) is 0 Å². The van der Waals surface area contributed by atoms with Crippen LogP contribution in [0.1, 0.15) is 46.7 Å². The average molecular weight is 443 g/mol. The zero-order valence-corrected chi connectivity index (χ0v) is 17.5. The standard InChI is InChI=1S/C21H19BrN2O4/c1-10(2)9-24-20(26)15(8-23)11(3)17(21(24)27)18(25)19-12(4)14-6-5-13(22)7-16(14)28-19/h5-7,10,27H,9H2,1-4H3. The number of aromatic hydroxyl groups is 1. The minimum absolute atomic E-state index is 0.0334. The molecule has 0 spiro atoms. The number of aromatic nitrogens is 1. The third-order valence-corrected chi connectivity index (χ3v) is 5.17. The van der Waals surface area contributed by atoms with Crippen molar-refractivity contribution in [2.24, 2.45) is 5.92 Å². The van der Waals surface area contributed by atoms with Gasteiger partial charge in [0.1, 0.15) is 17.2 Å². The van der Waals surface area contributed by atoms with E-state index < -0.39 is 17.2 Å². The van der Waals surface area contributed by atoms with Gasteiger partial charge in [0.15, 0.2) is 5.76 Å². The lowest BCUT2D eigenvalue weighted by Crippen LogP contribution is -2.28. The first-order valence-corrected chi connectivity index (χ1v) is 9.56. The average Bonchev–Trinajstić information content (AvgIpc) is 2.94. The molecule has 0 bridgehead atoms. The molecule has 1 N–H and O–H groups in total. The SMILES string of the molecule is Cc1c(C(=O)c2oc3cc(Br)ccc3c2C)c(O)n(CC(C)C)c(=O)c1C#N. The van der Waals surface area contributed by atoms with Crippen molar-refractivity contribution in [2.75, 3.05) is 0 Å². The van der Waals surface area contributed by atoms with Gasteiger partial charge >= 0.3 is 0 Å². The smallest absolute Gasteiger partial charge is 0.271 e. The van der Waals surface area contributed by atoms with E-state index in [4.69, 9.17) is 4.42 Å². The molecule has 0 saturated heterocycles. The molecule has 2 aromatic heterocycles. The highest BCUT2D eigenvalue weighted by Gasteiger charge is 2.28. The molecule has 0 saturated carbocycles. The van der Waals surface area contributed by atoms with Crippen molar-refractivity contribution in [3.63, 3.8) is 0 Å². The predicted molar refractivity (Wildman–Crippen MR) is 109 cm³/mol. The lowest BCUT2D eigenvalue weighted by atomic mass is 9.98. The summed E-state index contributed by atoms with van der Waals surface area (Å²) in [6, 6.07) is 7.30. The van der Waals surface area contributed by atoms with Crippen molar-refractivity contribution in [3.8, 4) is 11.9 Å². The van der Waals surface area contributed by atoms with Gasteiger partial charge in [0.05, 0.1) is 5.56 Å². The number of carbonyl (C=O) groups is 1. The number of hydrogen-bond acceptors (Lipinski definition) is 5. The number of rotatable bonds is 4.